The van der Waals surface area contributed by atoms with Crippen molar-refractivity contribution in [2.24, 2.45) is 0 Å². The van der Waals surface area contributed by atoms with E-state index in [0.717, 1.165) is 35.2 Å². The predicted octanol–water partition coefficient (Wildman–Crippen LogP) is 4.17. The van der Waals surface area contributed by atoms with Gasteiger partial charge in [-0.1, -0.05) is 19.4 Å². The van der Waals surface area contributed by atoms with Crippen molar-refractivity contribution in [3.05, 3.63) is 52.5 Å². The Balaban J connectivity index is 1.87. The Hall–Kier alpha value is -2.93. The van der Waals surface area contributed by atoms with E-state index >= 15 is 0 Å². The summed E-state index contributed by atoms with van der Waals surface area (Å²) in [6.45, 7) is 2.13. The number of fused-ring (bicyclic) bond motifs is 1. The first-order valence-corrected chi connectivity index (χ1v) is 9.14. The third kappa shape index (κ3) is 3.67. The third-order valence-electron chi connectivity index (χ3n) is 4.01. The number of aryl methyl sites for hydroxylation is 1. The molecule has 134 valence electrons. The highest BCUT2D eigenvalue weighted by Gasteiger charge is 2.18. The number of hydrogen-bond donors (Lipinski definition) is 3. The van der Waals surface area contributed by atoms with Crippen LogP contribution in [-0.2, 0) is 6.42 Å². The molecule has 0 bridgehead atoms. The minimum atomic E-state index is -1.05. The third-order valence-corrected chi connectivity index (χ3v) is 5.13. The van der Waals surface area contributed by atoms with E-state index < -0.39 is 5.97 Å². The van der Waals surface area contributed by atoms with E-state index in [1.54, 1.807) is 12.1 Å². The fraction of sp³-hybridized carbons (Fsp3) is 0.211. The number of aromatic carboxylic acids is 1. The van der Waals surface area contributed by atoms with Crippen LogP contribution in [0.3, 0.4) is 0 Å². The molecule has 0 spiro atoms. The SMILES string of the molecule is CCCCc1ccc2c(N)c(C(=O)Nc3cccc(C(=O)O)c3)sc2n1. The van der Waals surface area contributed by atoms with Gasteiger partial charge in [0.05, 0.1) is 11.3 Å². The van der Waals surface area contributed by atoms with Gasteiger partial charge in [0.2, 0.25) is 0 Å². The maximum Gasteiger partial charge on any atom is 0.335 e. The molecule has 1 aromatic carbocycles. The predicted molar refractivity (Wildman–Crippen MR) is 104 cm³/mol. The lowest BCUT2D eigenvalue weighted by molar-refractivity contribution is 0.0696. The highest BCUT2D eigenvalue weighted by molar-refractivity contribution is 7.21. The van der Waals surface area contributed by atoms with Gasteiger partial charge < -0.3 is 16.2 Å². The molecule has 26 heavy (non-hydrogen) atoms. The van der Waals surface area contributed by atoms with Crippen molar-refractivity contribution in [3.8, 4) is 0 Å². The van der Waals surface area contributed by atoms with Gasteiger partial charge in [-0.15, -0.1) is 11.3 Å². The molecule has 0 aliphatic carbocycles. The van der Waals surface area contributed by atoms with Gasteiger partial charge in [0.25, 0.3) is 5.91 Å². The van der Waals surface area contributed by atoms with Gasteiger partial charge in [-0.3, -0.25) is 4.79 Å². The number of anilines is 2. The molecule has 0 atom stereocenters. The van der Waals surface area contributed by atoms with E-state index in [-0.39, 0.29) is 11.5 Å². The minimum Gasteiger partial charge on any atom is -0.478 e. The second-order valence-corrected chi connectivity index (χ2v) is 6.94. The van der Waals surface area contributed by atoms with Crippen molar-refractivity contribution >= 4 is 44.8 Å². The first-order chi connectivity index (χ1) is 12.5. The van der Waals surface area contributed by atoms with Crippen LogP contribution >= 0.6 is 11.3 Å². The zero-order chi connectivity index (χ0) is 18.7. The molecule has 0 saturated carbocycles. The number of nitrogens with two attached hydrogens (primary N) is 1. The first-order valence-electron chi connectivity index (χ1n) is 8.32. The fourth-order valence-corrected chi connectivity index (χ4v) is 3.63. The molecule has 0 aliphatic heterocycles. The number of thiophene rings is 1. The summed E-state index contributed by atoms with van der Waals surface area (Å²) in [7, 11) is 0. The lowest BCUT2D eigenvalue weighted by Crippen LogP contribution is -2.12. The molecule has 0 saturated heterocycles. The molecule has 3 aromatic rings. The minimum absolute atomic E-state index is 0.106. The van der Waals surface area contributed by atoms with Crippen LogP contribution in [-0.4, -0.2) is 22.0 Å². The van der Waals surface area contributed by atoms with Gasteiger partial charge >= 0.3 is 5.97 Å². The first kappa shape index (κ1) is 17.9. The van der Waals surface area contributed by atoms with E-state index in [4.69, 9.17) is 10.8 Å². The van der Waals surface area contributed by atoms with Crippen molar-refractivity contribution in [1.29, 1.82) is 0 Å². The summed E-state index contributed by atoms with van der Waals surface area (Å²) in [5.74, 6) is -1.42. The second-order valence-electron chi connectivity index (χ2n) is 5.94. The smallest absolute Gasteiger partial charge is 0.335 e. The van der Waals surface area contributed by atoms with Gasteiger partial charge in [0, 0.05) is 16.8 Å². The molecule has 7 heteroatoms. The van der Waals surface area contributed by atoms with E-state index in [0.29, 0.717) is 16.3 Å². The zero-order valence-electron chi connectivity index (χ0n) is 14.3. The van der Waals surface area contributed by atoms with Crippen LogP contribution in [0.4, 0.5) is 11.4 Å². The Labute approximate surface area is 154 Å². The van der Waals surface area contributed by atoms with Crippen LogP contribution in [0.15, 0.2) is 36.4 Å². The lowest BCUT2D eigenvalue weighted by atomic mass is 10.1. The number of nitrogen functional groups attached to an aromatic ring is 1. The molecule has 1 amide bonds. The maximum absolute atomic E-state index is 12.6. The van der Waals surface area contributed by atoms with Gasteiger partial charge in [-0.2, -0.15) is 0 Å². The lowest BCUT2D eigenvalue weighted by Gasteiger charge is -2.05. The van der Waals surface area contributed by atoms with E-state index in [1.165, 1.54) is 23.5 Å². The number of amides is 1. The van der Waals surface area contributed by atoms with Crippen LogP contribution in [0.1, 0.15) is 45.5 Å². The number of carboxylic acid groups (broad SMARTS) is 1. The number of benzene rings is 1. The molecule has 2 aromatic heterocycles. The average Bonchev–Trinajstić information content (AvgIpc) is 2.96. The fourth-order valence-electron chi connectivity index (χ4n) is 2.62. The number of carbonyl (C=O) groups is 2. The van der Waals surface area contributed by atoms with Crippen molar-refractivity contribution < 1.29 is 14.7 Å². The second kappa shape index (κ2) is 7.53. The number of carboxylic acids is 1. The Bertz CT molecular complexity index is 981. The Morgan fingerprint density at radius 1 is 1.27 bits per heavy atom. The Kier molecular flexibility index (Phi) is 5.18. The molecular weight excluding hydrogens is 350 g/mol. The van der Waals surface area contributed by atoms with Crippen molar-refractivity contribution in [2.75, 3.05) is 11.1 Å². The number of carbonyl (C=O) groups excluding carboxylic acids is 1. The molecule has 0 aliphatic rings. The largest absolute Gasteiger partial charge is 0.478 e. The van der Waals surface area contributed by atoms with Crippen molar-refractivity contribution in [3.63, 3.8) is 0 Å². The van der Waals surface area contributed by atoms with Crippen molar-refractivity contribution in [1.82, 2.24) is 4.98 Å². The molecule has 3 rings (SSSR count). The molecule has 4 N–H and O–H groups in total. The summed E-state index contributed by atoms with van der Waals surface area (Å²) >= 11 is 1.24. The van der Waals surface area contributed by atoms with E-state index in [9.17, 15) is 9.59 Å². The number of aromatic nitrogens is 1. The Morgan fingerprint density at radius 3 is 2.81 bits per heavy atom. The van der Waals surface area contributed by atoms with Crippen molar-refractivity contribution in [2.45, 2.75) is 26.2 Å². The molecule has 2 heterocycles. The van der Waals surface area contributed by atoms with Crippen LogP contribution in [0, 0.1) is 0 Å². The van der Waals surface area contributed by atoms with Gasteiger partial charge in [-0.25, -0.2) is 9.78 Å². The highest BCUT2D eigenvalue weighted by atomic mass is 32.1. The summed E-state index contributed by atoms with van der Waals surface area (Å²) in [6.07, 6.45) is 3.05. The number of nitrogens with zero attached hydrogens (tertiary/aromatic N) is 1. The topological polar surface area (TPSA) is 105 Å². The molecule has 6 nitrogen and oxygen atoms in total. The summed E-state index contributed by atoms with van der Waals surface area (Å²) < 4.78 is 0. The maximum atomic E-state index is 12.6. The van der Waals surface area contributed by atoms with Crippen LogP contribution in [0.2, 0.25) is 0 Å². The van der Waals surface area contributed by atoms with Crippen LogP contribution in [0.5, 0.6) is 0 Å². The van der Waals surface area contributed by atoms with Gasteiger partial charge in [-0.05, 0) is 43.2 Å². The highest BCUT2D eigenvalue weighted by Crippen LogP contribution is 2.33. The average molecular weight is 369 g/mol. The zero-order valence-corrected chi connectivity index (χ0v) is 15.1. The van der Waals surface area contributed by atoms with E-state index in [1.807, 2.05) is 12.1 Å². The quantitative estimate of drug-likeness (QED) is 0.605. The van der Waals surface area contributed by atoms with E-state index in [2.05, 4.69) is 17.2 Å². The van der Waals surface area contributed by atoms with Gasteiger partial charge in [0.1, 0.15) is 9.71 Å². The molecule has 0 unspecified atom stereocenters. The molecule has 0 fully saturated rings. The number of rotatable bonds is 6. The molecular formula is C19H19N3O3S. The van der Waals surface area contributed by atoms with Crippen LogP contribution in [0.25, 0.3) is 10.2 Å². The standard InChI is InChI=1S/C19H19N3O3S/c1-2-3-6-12-8-9-14-15(20)16(26-18(14)22-12)17(23)21-13-7-4-5-11(10-13)19(24)25/h4-5,7-10H,2-3,6,20H2,1H3,(H,21,23)(H,24,25). The number of pyridine rings is 1. The van der Waals surface area contributed by atoms with Crippen LogP contribution < -0.4 is 11.1 Å². The number of unbranched alkanes of at least 4 members (excludes halogenated alkanes) is 1. The summed E-state index contributed by atoms with van der Waals surface area (Å²) in [4.78, 5) is 29.3. The summed E-state index contributed by atoms with van der Waals surface area (Å²) in [6, 6.07) is 9.93. The monoisotopic (exact) mass is 369 g/mol. The normalized spacial score (nSPS) is 10.8. The number of nitrogens with one attached hydrogen (secondary N) is 1. The van der Waals surface area contributed by atoms with Gasteiger partial charge in [0.15, 0.2) is 0 Å². The number of hydrogen-bond acceptors (Lipinski definition) is 5. The Morgan fingerprint density at radius 2 is 2.08 bits per heavy atom. The summed E-state index contributed by atoms with van der Waals surface area (Å²) in [5.41, 5.74) is 8.03. The summed E-state index contributed by atoms with van der Waals surface area (Å²) in [5, 5.41) is 12.5. The molecule has 0 radical (unpaired) electrons.